The second-order valence-corrected chi connectivity index (χ2v) is 10.7. The van der Waals surface area contributed by atoms with Crippen LogP contribution >= 0.6 is 0 Å². The van der Waals surface area contributed by atoms with Gasteiger partial charge in [0, 0.05) is 5.56 Å². The lowest BCUT2D eigenvalue weighted by atomic mass is 9.90. The van der Waals surface area contributed by atoms with Crippen molar-refractivity contribution < 1.29 is 17.9 Å². The van der Waals surface area contributed by atoms with Gasteiger partial charge < -0.3 is 4.74 Å². The molecule has 38 heavy (non-hydrogen) atoms. The van der Waals surface area contributed by atoms with Crippen molar-refractivity contribution in [1.82, 2.24) is 0 Å². The zero-order valence-corrected chi connectivity index (χ0v) is 22.9. The Morgan fingerprint density at radius 3 is 1.89 bits per heavy atom. The Morgan fingerprint density at radius 2 is 1.21 bits per heavy atom. The second-order valence-electron chi connectivity index (χ2n) is 10.7. The molecule has 0 radical (unpaired) electrons. The first kappa shape index (κ1) is 28.3. The summed E-state index contributed by atoms with van der Waals surface area (Å²) < 4.78 is 50.8. The molecule has 0 bridgehead atoms. The van der Waals surface area contributed by atoms with Gasteiger partial charge in [0.2, 0.25) is 0 Å². The largest absolute Gasteiger partial charge is 0.427 e. The predicted octanol–water partition coefficient (Wildman–Crippen LogP) is 11.0. The Bertz CT molecular complexity index is 1180. The number of unbranched alkanes of at least 4 members (excludes halogenated alkanes) is 9. The molecule has 0 N–H and O–H groups in total. The highest BCUT2D eigenvalue weighted by atomic mass is 19.3. The van der Waals surface area contributed by atoms with Crippen molar-refractivity contribution in [2.75, 3.05) is 0 Å². The number of alkyl halides is 2. The van der Waals surface area contributed by atoms with Crippen LogP contribution < -0.4 is 4.74 Å². The first-order valence-corrected chi connectivity index (χ1v) is 14.6. The topological polar surface area (TPSA) is 9.23 Å². The van der Waals surface area contributed by atoms with Gasteiger partial charge in [-0.2, -0.15) is 8.78 Å². The molecule has 0 aromatic heterocycles. The van der Waals surface area contributed by atoms with Gasteiger partial charge in [0.25, 0.3) is 0 Å². The summed E-state index contributed by atoms with van der Waals surface area (Å²) in [5.74, 6) is -0.988. The van der Waals surface area contributed by atoms with E-state index < -0.39 is 11.9 Å². The third-order valence-electron chi connectivity index (χ3n) is 7.69. The maximum atomic E-state index is 15.3. The highest BCUT2D eigenvalue weighted by molar-refractivity contribution is 5.80. The monoisotopic (exact) mass is 522 g/mol. The Labute approximate surface area is 226 Å². The van der Waals surface area contributed by atoms with Crippen molar-refractivity contribution in [3.8, 4) is 28.0 Å². The molecule has 1 aliphatic rings. The first-order valence-electron chi connectivity index (χ1n) is 14.6. The fourth-order valence-electron chi connectivity index (χ4n) is 5.38. The lowest BCUT2D eigenvalue weighted by Crippen LogP contribution is -2.27. The minimum Gasteiger partial charge on any atom is -0.425 e. The molecule has 0 saturated carbocycles. The summed E-state index contributed by atoms with van der Waals surface area (Å²) >= 11 is 0. The van der Waals surface area contributed by atoms with Crippen LogP contribution in [0.4, 0.5) is 13.2 Å². The van der Waals surface area contributed by atoms with Crippen molar-refractivity contribution in [3.63, 3.8) is 0 Å². The lowest BCUT2D eigenvalue weighted by Gasteiger charge is -2.29. The summed E-state index contributed by atoms with van der Waals surface area (Å²) in [6, 6.07) is 16.6. The zero-order chi connectivity index (χ0) is 27.0. The van der Waals surface area contributed by atoms with E-state index in [1.165, 1.54) is 63.0 Å². The zero-order valence-electron chi connectivity index (χ0n) is 22.9. The summed E-state index contributed by atoms with van der Waals surface area (Å²) in [6.45, 7) is 4.39. The fraction of sp³-hybridized carbons (Fsp3) is 0.471. The average Bonchev–Trinajstić information content (AvgIpc) is 2.92. The van der Waals surface area contributed by atoms with Gasteiger partial charge in [-0.25, -0.2) is 4.39 Å². The van der Waals surface area contributed by atoms with Gasteiger partial charge in [0.05, 0.1) is 5.56 Å². The third-order valence-corrected chi connectivity index (χ3v) is 7.69. The van der Waals surface area contributed by atoms with E-state index in [1.54, 1.807) is 18.2 Å². The Balaban J connectivity index is 1.49. The molecule has 1 aliphatic heterocycles. The smallest absolute Gasteiger partial charge is 0.425 e. The molecular weight excluding hydrogens is 481 g/mol. The first-order chi connectivity index (χ1) is 18.4. The number of hydrogen-bond donors (Lipinski definition) is 0. The van der Waals surface area contributed by atoms with Crippen LogP contribution in [0.25, 0.3) is 22.3 Å². The van der Waals surface area contributed by atoms with Crippen LogP contribution in [0.1, 0.15) is 101 Å². The highest BCUT2D eigenvalue weighted by Gasteiger charge is 2.43. The van der Waals surface area contributed by atoms with Crippen LogP contribution in [-0.2, 0) is 19.0 Å². The number of rotatable bonds is 14. The van der Waals surface area contributed by atoms with Crippen LogP contribution in [0.15, 0.2) is 54.6 Å². The molecule has 204 valence electrons. The minimum atomic E-state index is -3.60. The SMILES string of the molecule is CCCCCCCCc1ccc2c(c1F)OC(F)(F)c1cc(-c3ccc(CCCCCCC)cc3)ccc1-2. The molecule has 0 fully saturated rings. The minimum absolute atomic E-state index is 0.217. The normalized spacial score (nSPS) is 13.6. The van der Waals surface area contributed by atoms with Gasteiger partial charge in [0.1, 0.15) is 0 Å². The van der Waals surface area contributed by atoms with Gasteiger partial charge in [-0.1, -0.05) is 120 Å². The van der Waals surface area contributed by atoms with E-state index >= 15 is 13.2 Å². The number of hydrogen-bond acceptors (Lipinski definition) is 1. The number of fused-ring (bicyclic) bond motifs is 3. The number of ether oxygens (including phenoxy) is 1. The molecule has 4 rings (SSSR count). The van der Waals surface area contributed by atoms with Crippen LogP contribution in [0.5, 0.6) is 5.75 Å². The van der Waals surface area contributed by atoms with E-state index in [4.69, 9.17) is 4.74 Å². The average molecular weight is 523 g/mol. The van der Waals surface area contributed by atoms with Gasteiger partial charge >= 0.3 is 6.11 Å². The number of aryl methyl sites for hydroxylation is 2. The summed E-state index contributed by atoms with van der Waals surface area (Å²) in [7, 11) is 0. The van der Waals surface area contributed by atoms with E-state index in [1.807, 2.05) is 18.2 Å². The van der Waals surface area contributed by atoms with Crippen molar-refractivity contribution in [1.29, 1.82) is 0 Å². The van der Waals surface area contributed by atoms with Crippen LogP contribution in [0.2, 0.25) is 0 Å². The predicted molar refractivity (Wildman–Crippen MR) is 151 cm³/mol. The summed E-state index contributed by atoms with van der Waals surface area (Å²) in [4.78, 5) is 0. The maximum absolute atomic E-state index is 15.3. The molecule has 1 heterocycles. The van der Waals surface area contributed by atoms with Gasteiger partial charge in [-0.3, -0.25) is 0 Å². The molecule has 0 amide bonds. The summed E-state index contributed by atoms with van der Waals surface area (Å²) in [5.41, 5.74) is 3.78. The second kappa shape index (κ2) is 13.4. The van der Waals surface area contributed by atoms with Crippen LogP contribution in [0.3, 0.4) is 0 Å². The fourth-order valence-corrected chi connectivity index (χ4v) is 5.38. The molecule has 0 unspecified atom stereocenters. The quantitative estimate of drug-likeness (QED) is 0.191. The van der Waals surface area contributed by atoms with Crippen molar-refractivity contribution >= 4 is 0 Å². The molecule has 4 heteroatoms. The van der Waals surface area contributed by atoms with E-state index in [0.717, 1.165) is 31.2 Å². The molecule has 0 atom stereocenters. The molecule has 0 spiro atoms. The summed E-state index contributed by atoms with van der Waals surface area (Å²) in [5, 5.41) is 0. The highest BCUT2D eigenvalue weighted by Crippen LogP contribution is 2.49. The number of halogens is 3. The van der Waals surface area contributed by atoms with Gasteiger partial charge in [0.15, 0.2) is 11.6 Å². The molecule has 1 nitrogen and oxygen atoms in total. The third kappa shape index (κ3) is 6.81. The van der Waals surface area contributed by atoms with Crippen molar-refractivity contribution in [2.45, 2.75) is 103 Å². The van der Waals surface area contributed by atoms with Crippen LogP contribution in [0, 0.1) is 5.82 Å². The molecular formula is C34H41F3O. The van der Waals surface area contributed by atoms with Crippen molar-refractivity contribution in [2.24, 2.45) is 0 Å². The van der Waals surface area contributed by atoms with E-state index in [0.29, 0.717) is 28.7 Å². The Kier molecular flexibility index (Phi) is 9.93. The summed E-state index contributed by atoms with van der Waals surface area (Å²) in [6.07, 6.45) is 10.7. The van der Waals surface area contributed by atoms with E-state index in [9.17, 15) is 0 Å². The van der Waals surface area contributed by atoms with E-state index in [2.05, 4.69) is 26.0 Å². The molecule has 0 saturated heterocycles. The van der Waals surface area contributed by atoms with Gasteiger partial charge in [-0.05, 0) is 59.6 Å². The maximum Gasteiger partial charge on any atom is 0.427 e. The standard InChI is InChI=1S/C34H41F3O/c1-3-5-7-9-11-13-15-27-20-23-30-29-22-21-28(24-31(29)34(36,37)38-33(30)32(27)35)26-18-16-25(17-19-26)14-12-10-8-6-4-2/h16-24H,3-15H2,1-2H3. The lowest BCUT2D eigenvalue weighted by molar-refractivity contribution is -0.188. The Morgan fingerprint density at radius 1 is 0.632 bits per heavy atom. The van der Waals surface area contributed by atoms with Crippen molar-refractivity contribution in [3.05, 3.63) is 77.1 Å². The molecule has 0 aliphatic carbocycles. The number of benzene rings is 3. The molecule has 3 aromatic rings. The van der Waals surface area contributed by atoms with Crippen LogP contribution in [-0.4, -0.2) is 0 Å². The Hall–Kier alpha value is -2.75. The molecule has 3 aromatic carbocycles. The van der Waals surface area contributed by atoms with Gasteiger partial charge in [-0.15, -0.1) is 0 Å². The van der Waals surface area contributed by atoms with E-state index in [-0.39, 0.29) is 11.3 Å².